The molecule has 0 fully saturated rings. The first-order chi connectivity index (χ1) is 7.86. The topological polar surface area (TPSA) is 53.8 Å². The lowest BCUT2D eigenvalue weighted by Gasteiger charge is -2.15. The minimum atomic E-state index is -0.587. The Hall–Kier alpha value is -1.66. The fourth-order valence-electron chi connectivity index (χ4n) is 1.21. The van der Waals surface area contributed by atoms with Crippen molar-refractivity contribution in [1.82, 2.24) is 4.98 Å². The highest BCUT2D eigenvalue weighted by atomic mass is 35.5. The van der Waals surface area contributed by atoms with E-state index in [2.05, 4.69) is 4.98 Å². The number of hydrogen-bond donors (Lipinski definition) is 0. The van der Waals surface area contributed by atoms with Crippen molar-refractivity contribution in [2.75, 3.05) is 0 Å². The van der Waals surface area contributed by atoms with E-state index in [1.807, 2.05) is 6.07 Å². The second-order valence-electron chi connectivity index (χ2n) is 4.63. The third-order valence-electron chi connectivity index (χ3n) is 2.13. The van der Waals surface area contributed by atoms with Gasteiger partial charge >= 0.3 is 0 Å². The summed E-state index contributed by atoms with van der Waals surface area (Å²) in [6.45, 7) is 5.31. The number of carbonyl (C=O) groups excluding carboxylic acids is 1. The van der Waals surface area contributed by atoms with Crippen LogP contribution in [0.15, 0.2) is 23.9 Å². The first-order valence-electron chi connectivity index (χ1n) is 5.13. The average Bonchev–Trinajstić information content (AvgIpc) is 2.26. The Balaban J connectivity index is 3.18. The summed E-state index contributed by atoms with van der Waals surface area (Å²) in [6.07, 6.45) is 3.03. The van der Waals surface area contributed by atoms with Crippen LogP contribution in [-0.4, -0.2) is 10.8 Å². The van der Waals surface area contributed by atoms with Crippen LogP contribution in [0.4, 0.5) is 0 Å². The van der Waals surface area contributed by atoms with Gasteiger partial charge in [0.15, 0.2) is 5.78 Å². The Morgan fingerprint density at radius 1 is 1.53 bits per heavy atom. The minimum Gasteiger partial charge on any atom is -0.293 e. The van der Waals surface area contributed by atoms with Crippen LogP contribution in [0.5, 0.6) is 0 Å². The number of rotatable bonds is 2. The zero-order chi connectivity index (χ0) is 13.1. The Kier molecular flexibility index (Phi) is 4.03. The Morgan fingerprint density at radius 3 is 2.65 bits per heavy atom. The van der Waals surface area contributed by atoms with E-state index in [0.29, 0.717) is 5.56 Å². The van der Waals surface area contributed by atoms with Gasteiger partial charge in [0.05, 0.1) is 5.57 Å². The van der Waals surface area contributed by atoms with E-state index in [9.17, 15) is 4.79 Å². The molecule has 3 nitrogen and oxygen atoms in total. The van der Waals surface area contributed by atoms with Gasteiger partial charge in [0.1, 0.15) is 11.2 Å². The van der Waals surface area contributed by atoms with Gasteiger partial charge in [-0.2, -0.15) is 5.26 Å². The van der Waals surface area contributed by atoms with E-state index >= 15 is 0 Å². The highest BCUT2D eigenvalue weighted by Crippen LogP contribution is 2.22. The van der Waals surface area contributed by atoms with Gasteiger partial charge < -0.3 is 0 Å². The average molecular weight is 249 g/mol. The van der Waals surface area contributed by atoms with Gasteiger partial charge in [0.2, 0.25) is 0 Å². The summed E-state index contributed by atoms with van der Waals surface area (Å²) in [5, 5.41) is 9.29. The minimum absolute atomic E-state index is 0.0902. The third kappa shape index (κ3) is 3.40. The number of carbonyl (C=O) groups is 1. The van der Waals surface area contributed by atoms with Gasteiger partial charge in [-0.3, -0.25) is 4.79 Å². The molecule has 0 spiro atoms. The van der Waals surface area contributed by atoms with Gasteiger partial charge in [-0.05, 0) is 12.1 Å². The standard InChI is InChI=1S/C13H13ClN2O/c1-13(2,3)11(17)10(8-15)7-9-5-4-6-16-12(9)14/h4-7H,1-3H3/b10-7+. The van der Waals surface area contributed by atoms with E-state index in [-0.39, 0.29) is 16.5 Å². The highest BCUT2D eigenvalue weighted by Gasteiger charge is 2.25. The molecule has 0 saturated carbocycles. The Morgan fingerprint density at radius 2 is 2.18 bits per heavy atom. The van der Waals surface area contributed by atoms with Crippen LogP contribution in [-0.2, 0) is 4.79 Å². The lowest BCUT2D eigenvalue weighted by atomic mass is 9.86. The summed E-state index contributed by atoms with van der Waals surface area (Å²) < 4.78 is 0. The number of pyridine rings is 1. The summed E-state index contributed by atoms with van der Waals surface area (Å²) in [5.74, 6) is -0.208. The van der Waals surface area contributed by atoms with Crippen LogP contribution in [0.3, 0.4) is 0 Å². The first-order valence-corrected chi connectivity index (χ1v) is 5.51. The largest absolute Gasteiger partial charge is 0.293 e. The monoisotopic (exact) mass is 248 g/mol. The second kappa shape index (κ2) is 5.11. The molecule has 0 atom stereocenters. The number of allylic oxidation sites excluding steroid dienone is 1. The molecule has 0 amide bonds. The van der Waals surface area contributed by atoms with E-state index in [4.69, 9.17) is 16.9 Å². The fourth-order valence-corrected chi connectivity index (χ4v) is 1.39. The number of hydrogen-bond acceptors (Lipinski definition) is 3. The third-order valence-corrected chi connectivity index (χ3v) is 2.45. The van der Waals surface area contributed by atoms with Gasteiger partial charge in [0, 0.05) is 17.2 Å². The summed E-state index contributed by atoms with van der Waals surface area (Å²) in [5.41, 5.74) is 0.0756. The first kappa shape index (κ1) is 13.4. The molecule has 1 aromatic rings. The van der Waals surface area contributed by atoms with E-state index < -0.39 is 5.41 Å². The number of Topliss-reactive ketones (excluding diaryl/α,β-unsaturated/α-hetero) is 1. The van der Waals surface area contributed by atoms with Crippen molar-refractivity contribution in [1.29, 1.82) is 5.26 Å². The Labute approximate surface area is 106 Å². The van der Waals surface area contributed by atoms with Gasteiger partial charge in [-0.15, -0.1) is 0 Å². The van der Waals surface area contributed by atoms with E-state index in [1.165, 1.54) is 6.08 Å². The van der Waals surface area contributed by atoms with Gasteiger partial charge in [-0.25, -0.2) is 4.98 Å². The number of halogens is 1. The zero-order valence-electron chi connectivity index (χ0n) is 9.99. The molecule has 1 rings (SSSR count). The van der Waals surface area contributed by atoms with Crippen LogP contribution in [0.2, 0.25) is 5.15 Å². The molecule has 0 unspecified atom stereocenters. The number of ketones is 1. The smallest absolute Gasteiger partial charge is 0.178 e. The van der Waals surface area contributed by atoms with Crippen molar-refractivity contribution >= 4 is 23.5 Å². The van der Waals surface area contributed by atoms with Crippen LogP contribution in [0.25, 0.3) is 6.08 Å². The molecular formula is C13H13ClN2O. The van der Waals surface area contributed by atoms with E-state index in [0.717, 1.165) is 0 Å². The molecule has 0 saturated heterocycles. The van der Waals surface area contributed by atoms with Gasteiger partial charge in [-0.1, -0.05) is 38.4 Å². The molecule has 0 aliphatic rings. The van der Waals surface area contributed by atoms with Crippen molar-refractivity contribution < 1.29 is 4.79 Å². The molecule has 17 heavy (non-hydrogen) atoms. The van der Waals surface area contributed by atoms with Crippen molar-refractivity contribution in [3.8, 4) is 6.07 Å². The molecule has 0 aromatic carbocycles. The van der Waals surface area contributed by atoms with Crippen molar-refractivity contribution in [2.45, 2.75) is 20.8 Å². The van der Waals surface area contributed by atoms with E-state index in [1.54, 1.807) is 39.1 Å². The molecule has 1 aromatic heterocycles. The number of nitriles is 1. The molecule has 0 radical (unpaired) electrons. The molecule has 4 heteroatoms. The molecule has 0 N–H and O–H groups in total. The lowest BCUT2D eigenvalue weighted by molar-refractivity contribution is -0.121. The quantitative estimate of drug-likeness (QED) is 0.459. The maximum Gasteiger partial charge on any atom is 0.178 e. The second-order valence-corrected chi connectivity index (χ2v) is 4.99. The highest BCUT2D eigenvalue weighted by molar-refractivity contribution is 6.31. The predicted octanol–water partition coefficient (Wildman–Crippen LogP) is 3.26. The van der Waals surface area contributed by atoms with Crippen molar-refractivity contribution in [3.05, 3.63) is 34.6 Å². The Bertz CT molecular complexity index is 507. The SMILES string of the molecule is CC(C)(C)C(=O)/C(C#N)=C/c1cccnc1Cl. The summed E-state index contributed by atoms with van der Waals surface area (Å²) >= 11 is 5.87. The number of nitrogens with zero attached hydrogens (tertiary/aromatic N) is 2. The zero-order valence-corrected chi connectivity index (χ0v) is 10.7. The maximum atomic E-state index is 12.0. The molecule has 88 valence electrons. The van der Waals surface area contributed by atoms with Gasteiger partial charge in [0.25, 0.3) is 0 Å². The maximum absolute atomic E-state index is 12.0. The van der Waals surface area contributed by atoms with Crippen molar-refractivity contribution in [2.24, 2.45) is 5.41 Å². The molecular weight excluding hydrogens is 236 g/mol. The summed E-state index contributed by atoms with van der Waals surface area (Å²) in [6, 6.07) is 5.32. The summed E-state index contributed by atoms with van der Waals surface area (Å²) in [7, 11) is 0. The normalized spacial score (nSPS) is 12.1. The van der Waals surface area contributed by atoms with Crippen molar-refractivity contribution in [3.63, 3.8) is 0 Å². The summed E-state index contributed by atoms with van der Waals surface area (Å²) in [4.78, 5) is 15.8. The van der Waals surface area contributed by atoms with Crippen LogP contribution < -0.4 is 0 Å². The van der Waals surface area contributed by atoms with Crippen LogP contribution in [0, 0.1) is 16.7 Å². The predicted molar refractivity (Wildman–Crippen MR) is 67.3 cm³/mol. The molecule has 1 heterocycles. The molecule has 0 bridgehead atoms. The molecule has 0 aliphatic carbocycles. The molecule has 0 aliphatic heterocycles. The number of aromatic nitrogens is 1. The van der Waals surface area contributed by atoms with Crippen LogP contribution in [0.1, 0.15) is 26.3 Å². The van der Waals surface area contributed by atoms with Crippen LogP contribution >= 0.6 is 11.6 Å². The fraction of sp³-hybridized carbons (Fsp3) is 0.308. The lowest BCUT2D eigenvalue weighted by Crippen LogP contribution is -2.21.